The molecule has 0 aliphatic carbocycles. The van der Waals surface area contributed by atoms with E-state index in [1.54, 1.807) is 0 Å². The number of benzene rings is 1. The SMILES string of the molecule is CCCCCCCCc1cc2c(s1)-n1c(C)nnc1CN=C2c1ccc(C)c(C)c1. The van der Waals surface area contributed by atoms with Crippen LogP contribution in [0, 0.1) is 20.8 Å². The maximum atomic E-state index is 5.00. The van der Waals surface area contributed by atoms with E-state index in [2.05, 4.69) is 59.8 Å². The summed E-state index contributed by atoms with van der Waals surface area (Å²) in [6.07, 6.45) is 9.09. The highest BCUT2D eigenvalue weighted by molar-refractivity contribution is 7.15. The first-order chi connectivity index (χ1) is 14.6. The number of unbranched alkanes of at least 4 members (excludes halogenated alkanes) is 5. The summed E-state index contributed by atoms with van der Waals surface area (Å²) in [6, 6.07) is 9.04. The molecule has 4 rings (SSSR count). The highest BCUT2D eigenvalue weighted by Gasteiger charge is 2.24. The molecule has 3 aromatic rings. The molecule has 0 unspecified atom stereocenters. The molecule has 0 fully saturated rings. The first-order valence-corrected chi connectivity index (χ1v) is 12.1. The van der Waals surface area contributed by atoms with Gasteiger partial charge in [-0.25, -0.2) is 0 Å². The lowest BCUT2D eigenvalue weighted by Crippen LogP contribution is -2.05. The van der Waals surface area contributed by atoms with E-state index < -0.39 is 0 Å². The van der Waals surface area contributed by atoms with Crippen LogP contribution >= 0.6 is 11.3 Å². The van der Waals surface area contributed by atoms with Gasteiger partial charge in [-0.1, -0.05) is 51.2 Å². The molecule has 1 aliphatic rings. The van der Waals surface area contributed by atoms with Crippen molar-refractivity contribution in [3.8, 4) is 5.00 Å². The maximum Gasteiger partial charge on any atom is 0.160 e. The molecular weight excluding hydrogens is 388 g/mol. The summed E-state index contributed by atoms with van der Waals surface area (Å²) < 4.78 is 2.21. The Hall–Kier alpha value is -2.27. The number of aryl methyl sites for hydroxylation is 4. The number of aromatic nitrogens is 3. The number of hydrogen-bond acceptors (Lipinski definition) is 4. The lowest BCUT2D eigenvalue weighted by atomic mass is 9.99. The molecule has 0 amide bonds. The van der Waals surface area contributed by atoms with Crippen molar-refractivity contribution in [2.75, 3.05) is 0 Å². The van der Waals surface area contributed by atoms with Gasteiger partial charge >= 0.3 is 0 Å². The Kier molecular flexibility index (Phi) is 6.47. The minimum atomic E-state index is 0.567. The number of thiophene rings is 1. The number of fused-ring (bicyclic) bond motifs is 3. The number of nitrogens with zero attached hydrogens (tertiary/aromatic N) is 4. The first kappa shape index (κ1) is 21.0. The van der Waals surface area contributed by atoms with Crippen molar-refractivity contribution in [1.82, 2.24) is 14.8 Å². The second-order valence-corrected chi connectivity index (χ2v) is 9.53. The Morgan fingerprint density at radius 1 is 0.933 bits per heavy atom. The summed E-state index contributed by atoms with van der Waals surface area (Å²) in [5.41, 5.74) is 6.13. The molecule has 1 aliphatic heterocycles. The zero-order valence-electron chi connectivity index (χ0n) is 18.7. The molecule has 2 aromatic heterocycles. The zero-order valence-corrected chi connectivity index (χ0v) is 19.5. The summed E-state index contributed by atoms with van der Waals surface area (Å²) in [7, 11) is 0. The fourth-order valence-corrected chi connectivity index (χ4v) is 5.38. The van der Waals surface area contributed by atoms with Gasteiger partial charge in [-0.15, -0.1) is 21.5 Å². The summed E-state index contributed by atoms with van der Waals surface area (Å²) in [4.78, 5) is 6.44. The van der Waals surface area contributed by atoms with E-state index in [-0.39, 0.29) is 0 Å². The Bertz CT molecular complexity index is 1060. The van der Waals surface area contributed by atoms with Gasteiger partial charge < -0.3 is 0 Å². The van der Waals surface area contributed by atoms with Gasteiger partial charge in [0.25, 0.3) is 0 Å². The molecule has 3 heterocycles. The Morgan fingerprint density at radius 3 is 2.53 bits per heavy atom. The number of aliphatic imine (C=N–C) groups is 1. The molecule has 0 saturated heterocycles. The van der Waals surface area contributed by atoms with Crippen molar-refractivity contribution < 1.29 is 0 Å². The van der Waals surface area contributed by atoms with E-state index in [9.17, 15) is 0 Å². The third-order valence-electron chi connectivity index (χ3n) is 6.05. The molecule has 5 heteroatoms. The number of rotatable bonds is 8. The van der Waals surface area contributed by atoms with Crippen molar-refractivity contribution in [2.24, 2.45) is 4.99 Å². The van der Waals surface area contributed by atoms with Crippen LogP contribution < -0.4 is 0 Å². The molecule has 0 saturated carbocycles. The molecule has 0 spiro atoms. The Labute approximate surface area is 184 Å². The van der Waals surface area contributed by atoms with E-state index in [1.807, 2.05) is 18.3 Å². The molecule has 0 atom stereocenters. The predicted octanol–water partition coefficient (Wildman–Crippen LogP) is 6.51. The first-order valence-electron chi connectivity index (χ1n) is 11.2. The number of hydrogen-bond donors (Lipinski definition) is 0. The smallest absolute Gasteiger partial charge is 0.160 e. The second-order valence-electron chi connectivity index (χ2n) is 8.41. The lowest BCUT2D eigenvalue weighted by Gasteiger charge is -2.09. The summed E-state index contributed by atoms with van der Waals surface area (Å²) in [6.45, 7) is 9.21. The van der Waals surface area contributed by atoms with Crippen molar-refractivity contribution in [2.45, 2.75) is 79.2 Å². The zero-order chi connectivity index (χ0) is 21.1. The predicted molar refractivity (Wildman–Crippen MR) is 126 cm³/mol. The van der Waals surface area contributed by atoms with Crippen molar-refractivity contribution >= 4 is 17.0 Å². The molecule has 30 heavy (non-hydrogen) atoms. The van der Waals surface area contributed by atoms with Crippen molar-refractivity contribution in [3.05, 3.63) is 63.0 Å². The van der Waals surface area contributed by atoms with Crippen molar-refractivity contribution in [1.29, 1.82) is 0 Å². The molecule has 1 aromatic carbocycles. The van der Waals surface area contributed by atoms with E-state index >= 15 is 0 Å². The molecule has 0 bridgehead atoms. The molecular formula is C25H32N4S. The van der Waals surface area contributed by atoms with Crippen LogP contribution in [0.3, 0.4) is 0 Å². The van der Waals surface area contributed by atoms with Crippen LogP contribution in [-0.4, -0.2) is 20.5 Å². The van der Waals surface area contributed by atoms with Gasteiger partial charge in [0.2, 0.25) is 0 Å². The van der Waals surface area contributed by atoms with Crippen molar-refractivity contribution in [3.63, 3.8) is 0 Å². The van der Waals surface area contributed by atoms with E-state index in [1.165, 1.54) is 70.7 Å². The Morgan fingerprint density at radius 2 is 1.73 bits per heavy atom. The van der Waals surface area contributed by atoms with Gasteiger partial charge in [0.05, 0.1) is 5.71 Å². The van der Waals surface area contributed by atoms with Gasteiger partial charge in [-0.3, -0.25) is 9.56 Å². The van der Waals surface area contributed by atoms with Gasteiger partial charge in [-0.05, 0) is 56.9 Å². The highest BCUT2D eigenvalue weighted by Crippen LogP contribution is 2.34. The van der Waals surface area contributed by atoms with Crippen LogP contribution in [0.15, 0.2) is 29.3 Å². The largest absolute Gasteiger partial charge is 0.276 e. The van der Waals surface area contributed by atoms with Gasteiger partial charge in [-0.2, -0.15) is 0 Å². The minimum absolute atomic E-state index is 0.567. The van der Waals surface area contributed by atoms with Crippen LogP contribution in [0.25, 0.3) is 5.00 Å². The van der Waals surface area contributed by atoms with Gasteiger partial charge in [0, 0.05) is 16.0 Å². The third-order valence-corrected chi connectivity index (χ3v) is 7.23. The van der Waals surface area contributed by atoms with E-state index in [0.29, 0.717) is 6.54 Å². The third kappa shape index (κ3) is 4.27. The molecule has 4 nitrogen and oxygen atoms in total. The van der Waals surface area contributed by atoms with Crippen LogP contribution in [-0.2, 0) is 13.0 Å². The summed E-state index contributed by atoms with van der Waals surface area (Å²) in [5, 5.41) is 9.95. The summed E-state index contributed by atoms with van der Waals surface area (Å²) in [5.74, 6) is 1.87. The highest BCUT2D eigenvalue weighted by atomic mass is 32.1. The Balaban J connectivity index is 1.65. The van der Waals surface area contributed by atoms with Crippen LogP contribution in [0.5, 0.6) is 0 Å². The molecule has 158 valence electrons. The standard InChI is InChI=1S/C25H32N4S/c1-5-6-7-8-9-10-11-21-15-22-24(20-13-12-17(2)18(3)14-20)26-16-23-28-27-19(4)29(23)25(22)30-21/h12-15H,5-11,16H2,1-4H3. The fourth-order valence-electron chi connectivity index (χ4n) is 4.11. The van der Waals surface area contributed by atoms with E-state index in [4.69, 9.17) is 4.99 Å². The average molecular weight is 421 g/mol. The average Bonchev–Trinajstić information content (AvgIpc) is 3.26. The monoisotopic (exact) mass is 420 g/mol. The topological polar surface area (TPSA) is 43.1 Å². The lowest BCUT2D eigenvalue weighted by molar-refractivity contribution is 0.609. The summed E-state index contributed by atoms with van der Waals surface area (Å²) >= 11 is 1.89. The normalized spacial score (nSPS) is 13.0. The van der Waals surface area contributed by atoms with Crippen LogP contribution in [0.4, 0.5) is 0 Å². The minimum Gasteiger partial charge on any atom is -0.276 e. The van der Waals surface area contributed by atoms with Gasteiger partial charge in [0.1, 0.15) is 17.4 Å². The maximum absolute atomic E-state index is 5.00. The second kappa shape index (κ2) is 9.25. The molecule has 0 radical (unpaired) electrons. The van der Waals surface area contributed by atoms with Crippen LogP contribution in [0.1, 0.15) is 84.2 Å². The molecule has 0 N–H and O–H groups in total. The van der Waals surface area contributed by atoms with E-state index in [0.717, 1.165) is 23.8 Å². The van der Waals surface area contributed by atoms with Crippen LogP contribution in [0.2, 0.25) is 0 Å². The fraction of sp³-hybridized carbons (Fsp3) is 0.480. The van der Waals surface area contributed by atoms with Gasteiger partial charge in [0.15, 0.2) is 5.82 Å². The quantitative estimate of drug-likeness (QED) is 0.390.